The lowest BCUT2D eigenvalue weighted by molar-refractivity contribution is 0.392. The van der Waals surface area contributed by atoms with Gasteiger partial charge < -0.3 is 14.4 Å². The summed E-state index contributed by atoms with van der Waals surface area (Å²) in [5.41, 5.74) is 1.75. The first-order chi connectivity index (χ1) is 9.16. The van der Waals surface area contributed by atoms with Crippen molar-refractivity contribution in [2.45, 2.75) is 39.3 Å². The predicted octanol–water partition coefficient (Wildman–Crippen LogP) is 1.80. The van der Waals surface area contributed by atoms with Gasteiger partial charge in [-0.2, -0.15) is 0 Å². The number of hydrogen-bond donors (Lipinski definition) is 1. The van der Waals surface area contributed by atoms with Gasteiger partial charge >= 0.3 is 0 Å². The maximum atomic E-state index is 12.2. The average Bonchev–Trinajstić information content (AvgIpc) is 3.18. The molecule has 0 aromatic carbocycles. The van der Waals surface area contributed by atoms with Crippen LogP contribution in [-0.4, -0.2) is 14.7 Å². The largest absolute Gasteiger partial charge is 0.361 e. The molecule has 2 heterocycles. The molecular formula is C13H16N4O2. The fourth-order valence-corrected chi connectivity index (χ4v) is 2.11. The molecule has 2 aromatic rings. The quantitative estimate of drug-likeness (QED) is 0.907. The van der Waals surface area contributed by atoms with Crippen LogP contribution in [0.4, 0.5) is 5.82 Å². The predicted molar refractivity (Wildman–Crippen MR) is 70.1 cm³/mol. The van der Waals surface area contributed by atoms with Gasteiger partial charge in [0.1, 0.15) is 5.76 Å². The van der Waals surface area contributed by atoms with E-state index in [-0.39, 0.29) is 5.56 Å². The molecule has 0 unspecified atom stereocenters. The summed E-state index contributed by atoms with van der Waals surface area (Å²) in [7, 11) is 0. The highest BCUT2D eigenvalue weighted by molar-refractivity contribution is 5.34. The lowest BCUT2D eigenvalue weighted by Gasteiger charge is -2.07. The normalized spacial score (nSPS) is 14.6. The minimum atomic E-state index is -0.0586. The summed E-state index contributed by atoms with van der Waals surface area (Å²) in [5.74, 6) is 1.15. The van der Waals surface area contributed by atoms with Gasteiger partial charge in [0.05, 0.1) is 5.69 Å². The summed E-state index contributed by atoms with van der Waals surface area (Å²) in [5, 5.41) is 6.96. The van der Waals surface area contributed by atoms with Crippen LogP contribution in [0.3, 0.4) is 0 Å². The molecule has 1 aliphatic carbocycles. The van der Waals surface area contributed by atoms with Gasteiger partial charge in [-0.3, -0.25) is 4.79 Å². The van der Waals surface area contributed by atoms with Gasteiger partial charge in [-0.05, 0) is 26.7 Å². The van der Waals surface area contributed by atoms with Crippen LogP contribution in [0, 0.1) is 13.8 Å². The number of nitrogens with zero attached hydrogens (tertiary/aromatic N) is 3. The van der Waals surface area contributed by atoms with Gasteiger partial charge in [0.2, 0.25) is 0 Å². The van der Waals surface area contributed by atoms with Gasteiger partial charge in [0.15, 0.2) is 5.82 Å². The van der Waals surface area contributed by atoms with Crippen LogP contribution < -0.4 is 10.9 Å². The summed E-state index contributed by atoms with van der Waals surface area (Å²) >= 11 is 0. The second kappa shape index (κ2) is 4.53. The first-order valence-electron chi connectivity index (χ1n) is 6.39. The Bertz CT molecular complexity index is 635. The average molecular weight is 260 g/mol. The van der Waals surface area contributed by atoms with Crippen molar-refractivity contribution in [2.24, 2.45) is 0 Å². The van der Waals surface area contributed by atoms with E-state index in [9.17, 15) is 4.79 Å². The van der Waals surface area contributed by atoms with Crippen molar-refractivity contribution in [3.05, 3.63) is 39.8 Å². The van der Waals surface area contributed by atoms with E-state index in [1.807, 2.05) is 13.8 Å². The molecule has 1 saturated carbocycles. The highest BCUT2D eigenvalue weighted by Gasteiger charge is 2.25. The number of rotatable bonds is 4. The number of anilines is 1. The Labute approximate surface area is 110 Å². The van der Waals surface area contributed by atoms with Crippen LogP contribution in [0.2, 0.25) is 0 Å². The van der Waals surface area contributed by atoms with E-state index in [0.717, 1.165) is 29.9 Å². The molecule has 0 aliphatic heterocycles. The number of aromatic nitrogens is 3. The minimum absolute atomic E-state index is 0.0586. The fraction of sp³-hybridized carbons (Fsp3) is 0.462. The Morgan fingerprint density at radius 1 is 1.47 bits per heavy atom. The van der Waals surface area contributed by atoms with Crippen molar-refractivity contribution in [3.8, 4) is 0 Å². The lowest BCUT2D eigenvalue weighted by atomic mass is 10.2. The van der Waals surface area contributed by atoms with Gasteiger partial charge in [-0.15, -0.1) is 0 Å². The zero-order valence-electron chi connectivity index (χ0n) is 11.0. The monoisotopic (exact) mass is 260 g/mol. The maximum Gasteiger partial charge on any atom is 0.293 e. The Kier molecular flexibility index (Phi) is 2.85. The zero-order valence-corrected chi connectivity index (χ0v) is 11.0. The van der Waals surface area contributed by atoms with Crippen LogP contribution >= 0.6 is 0 Å². The van der Waals surface area contributed by atoms with E-state index in [0.29, 0.717) is 18.4 Å². The smallest absolute Gasteiger partial charge is 0.293 e. The van der Waals surface area contributed by atoms with Crippen molar-refractivity contribution in [1.82, 2.24) is 14.7 Å². The molecule has 6 nitrogen and oxygen atoms in total. The molecule has 0 atom stereocenters. The van der Waals surface area contributed by atoms with E-state index in [4.69, 9.17) is 4.52 Å². The van der Waals surface area contributed by atoms with E-state index >= 15 is 0 Å². The molecule has 1 N–H and O–H groups in total. The molecule has 0 radical (unpaired) electrons. The van der Waals surface area contributed by atoms with Crippen LogP contribution in [0.1, 0.15) is 35.9 Å². The van der Waals surface area contributed by atoms with Gasteiger partial charge in [-0.25, -0.2) is 4.98 Å². The van der Waals surface area contributed by atoms with Crippen LogP contribution in [0.15, 0.2) is 21.7 Å². The summed E-state index contributed by atoms with van der Waals surface area (Å²) in [4.78, 5) is 16.3. The van der Waals surface area contributed by atoms with Crippen molar-refractivity contribution in [3.63, 3.8) is 0 Å². The fourth-order valence-electron chi connectivity index (χ4n) is 2.11. The summed E-state index contributed by atoms with van der Waals surface area (Å²) in [6, 6.07) is 0.357. The third-order valence-corrected chi connectivity index (χ3v) is 3.42. The lowest BCUT2D eigenvalue weighted by Crippen LogP contribution is -2.23. The Balaban J connectivity index is 1.81. The molecule has 0 amide bonds. The molecule has 3 rings (SSSR count). The van der Waals surface area contributed by atoms with E-state index in [1.165, 1.54) is 0 Å². The molecule has 6 heteroatoms. The van der Waals surface area contributed by atoms with Crippen molar-refractivity contribution < 1.29 is 4.52 Å². The van der Waals surface area contributed by atoms with E-state index in [2.05, 4.69) is 15.5 Å². The van der Waals surface area contributed by atoms with Crippen LogP contribution in [0.5, 0.6) is 0 Å². The zero-order chi connectivity index (χ0) is 13.4. The number of aryl methyl sites for hydroxylation is 2. The molecule has 1 aliphatic rings. The molecule has 100 valence electrons. The highest BCUT2D eigenvalue weighted by Crippen LogP contribution is 2.33. The SMILES string of the molecule is Cc1noc(C)c1CNc1nccn(C2CC2)c1=O. The van der Waals surface area contributed by atoms with E-state index in [1.54, 1.807) is 17.0 Å². The molecule has 1 fully saturated rings. The Morgan fingerprint density at radius 3 is 2.89 bits per heavy atom. The number of hydrogen-bond acceptors (Lipinski definition) is 5. The van der Waals surface area contributed by atoms with Gasteiger partial charge in [-0.1, -0.05) is 5.16 Å². The topological polar surface area (TPSA) is 73.0 Å². The Hall–Kier alpha value is -2.11. The summed E-state index contributed by atoms with van der Waals surface area (Å²) in [6.07, 6.45) is 5.57. The van der Waals surface area contributed by atoms with Gasteiger partial charge in [0.25, 0.3) is 5.56 Å². The third kappa shape index (κ3) is 2.25. The van der Waals surface area contributed by atoms with Crippen LogP contribution in [-0.2, 0) is 6.54 Å². The minimum Gasteiger partial charge on any atom is -0.361 e. The molecule has 0 bridgehead atoms. The van der Waals surface area contributed by atoms with Crippen molar-refractivity contribution in [2.75, 3.05) is 5.32 Å². The summed E-state index contributed by atoms with van der Waals surface area (Å²) < 4.78 is 6.84. The first-order valence-corrected chi connectivity index (χ1v) is 6.39. The van der Waals surface area contributed by atoms with Crippen molar-refractivity contribution >= 4 is 5.82 Å². The standard InChI is InChI=1S/C13H16N4O2/c1-8-11(9(2)19-16-8)7-15-12-13(18)17(6-5-14-12)10-3-4-10/h5-6,10H,3-4,7H2,1-2H3,(H,14,15). The van der Waals surface area contributed by atoms with Gasteiger partial charge in [0, 0.05) is 30.5 Å². The summed E-state index contributed by atoms with van der Waals surface area (Å²) in [6.45, 7) is 4.24. The first kappa shape index (κ1) is 12.0. The second-order valence-corrected chi connectivity index (χ2v) is 4.88. The molecule has 0 saturated heterocycles. The van der Waals surface area contributed by atoms with Crippen molar-refractivity contribution in [1.29, 1.82) is 0 Å². The third-order valence-electron chi connectivity index (χ3n) is 3.42. The van der Waals surface area contributed by atoms with Crippen LogP contribution in [0.25, 0.3) is 0 Å². The Morgan fingerprint density at radius 2 is 2.26 bits per heavy atom. The molecule has 19 heavy (non-hydrogen) atoms. The van der Waals surface area contributed by atoms with E-state index < -0.39 is 0 Å². The highest BCUT2D eigenvalue weighted by atomic mass is 16.5. The molecule has 0 spiro atoms. The molecular weight excluding hydrogens is 244 g/mol. The molecule has 2 aromatic heterocycles. The number of nitrogens with one attached hydrogen (secondary N) is 1. The second-order valence-electron chi connectivity index (χ2n) is 4.88. The maximum absolute atomic E-state index is 12.2.